The first-order valence-corrected chi connectivity index (χ1v) is 7.01. The second kappa shape index (κ2) is 6.97. The van der Waals surface area contributed by atoms with Gasteiger partial charge in [0.05, 0.1) is 0 Å². The van der Waals surface area contributed by atoms with Gasteiger partial charge < -0.3 is 15.5 Å². The number of carbonyl (C=O) groups excluding carboxylic acids is 1. The van der Waals surface area contributed by atoms with E-state index in [1.54, 1.807) is 0 Å². The number of urea groups is 1. The maximum absolute atomic E-state index is 11.5. The van der Waals surface area contributed by atoms with Crippen LogP contribution in [0.5, 0.6) is 0 Å². The van der Waals surface area contributed by atoms with Gasteiger partial charge >= 0.3 is 6.03 Å². The Labute approximate surface area is 114 Å². The summed E-state index contributed by atoms with van der Waals surface area (Å²) in [5.74, 6) is 1.02. The van der Waals surface area contributed by atoms with Crippen molar-refractivity contribution >= 4 is 11.8 Å². The number of rotatable bonds is 5. The molecule has 1 aromatic heterocycles. The fourth-order valence-corrected chi connectivity index (χ4v) is 2.17. The highest BCUT2D eigenvalue weighted by atomic mass is 16.2. The normalized spacial score (nSPS) is 14.5. The molecule has 5 nitrogen and oxygen atoms in total. The lowest BCUT2D eigenvalue weighted by Crippen LogP contribution is -2.35. The molecule has 2 N–H and O–H groups in total. The lowest BCUT2D eigenvalue weighted by Gasteiger charge is -2.17. The standard InChI is InChI=1S/C14H22N4O/c1-2-6-16-14(19)17-11-12-5-7-15-13(10-12)18-8-3-4-9-18/h5,7,10H,2-4,6,8-9,11H2,1H3,(H2,16,17,19). The lowest BCUT2D eigenvalue weighted by atomic mass is 10.2. The molecule has 104 valence electrons. The predicted octanol–water partition coefficient (Wildman–Crippen LogP) is 1.89. The summed E-state index contributed by atoms with van der Waals surface area (Å²) in [4.78, 5) is 18.2. The van der Waals surface area contributed by atoms with Gasteiger partial charge in [-0.05, 0) is 37.0 Å². The van der Waals surface area contributed by atoms with Gasteiger partial charge in [-0.2, -0.15) is 0 Å². The van der Waals surface area contributed by atoms with E-state index in [0.717, 1.165) is 30.9 Å². The molecule has 0 unspecified atom stereocenters. The van der Waals surface area contributed by atoms with Crippen LogP contribution in [0.15, 0.2) is 18.3 Å². The smallest absolute Gasteiger partial charge is 0.315 e. The zero-order chi connectivity index (χ0) is 13.5. The Bertz CT molecular complexity index is 416. The number of hydrogen-bond acceptors (Lipinski definition) is 3. The van der Waals surface area contributed by atoms with Crippen molar-refractivity contribution in [3.8, 4) is 0 Å². The summed E-state index contributed by atoms with van der Waals surface area (Å²) in [6.45, 7) is 5.45. The number of pyridine rings is 1. The lowest BCUT2D eigenvalue weighted by molar-refractivity contribution is 0.240. The molecule has 5 heteroatoms. The number of carbonyl (C=O) groups is 1. The van der Waals surface area contributed by atoms with E-state index in [4.69, 9.17) is 0 Å². The highest BCUT2D eigenvalue weighted by Crippen LogP contribution is 2.18. The summed E-state index contributed by atoms with van der Waals surface area (Å²) in [5.41, 5.74) is 1.09. The highest BCUT2D eigenvalue weighted by Gasteiger charge is 2.13. The molecule has 0 aromatic carbocycles. The van der Waals surface area contributed by atoms with Crippen molar-refractivity contribution in [1.82, 2.24) is 15.6 Å². The SMILES string of the molecule is CCCNC(=O)NCc1ccnc(N2CCCC2)c1. The number of nitrogens with zero attached hydrogens (tertiary/aromatic N) is 2. The van der Waals surface area contributed by atoms with Crippen LogP contribution < -0.4 is 15.5 Å². The Kier molecular flexibility index (Phi) is 5.01. The van der Waals surface area contributed by atoms with Crippen LogP contribution in [-0.2, 0) is 6.54 Å². The van der Waals surface area contributed by atoms with Crippen LogP contribution in [0.3, 0.4) is 0 Å². The topological polar surface area (TPSA) is 57.3 Å². The van der Waals surface area contributed by atoms with Crippen molar-refractivity contribution in [3.63, 3.8) is 0 Å². The molecule has 0 bridgehead atoms. The van der Waals surface area contributed by atoms with Crippen molar-refractivity contribution in [2.45, 2.75) is 32.7 Å². The summed E-state index contributed by atoms with van der Waals surface area (Å²) < 4.78 is 0. The molecule has 0 radical (unpaired) electrons. The fourth-order valence-electron chi connectivity index (χ4n) is 2.17. The number of amides is 2. The van der Waals surface area contributed by atoms with Gasteiger partial charge in [-0.3, -0.25) is 0 Å². The first kappa shape index (κ1) is 13.6. The molecule has 2 heterocycles. The molecule has 0 spiro atoms. The molecule has 2 rings (SSSR count). The molecule has 19 heavy (non-hydrogen) atoms. The molecule has 1 aliphatic heterocycles. The van der Waals surface area contributed by atoms with Crippen LogP contribution in [-0.4, -0.2) is 30.6 Å². The molecule has 2 amide bonds. The molecule has 1 fully saturated rings. The second-order valence-electron chi connectivity index (χ2n) is 4.83. The van der Waals surface area contributed by atoms with E-state index in [2.05, 4.69) is 26.6 Å². The van der Waals surface area contributed by atoms with Gasteiger partial charge in [0.15, 0.2) is 0 Å². The minimum absolute atomic E-state index is 0.110. The minimum Gasteiger partial charge on any atom is -0.357 e. The third-order valence-corrected chi connectivity index (χ3v) is 3.23. The van der Waals surface area contributed by atoms with Crippen LogP contribution >= 0.6 is 0 Å². The van der Waals surface area contributed by atoms with E-state index in [0.29, 0.717) is 13.1 Å². The predicted molar refractivity (Wildman–Crippen MR) is 76.2 cm³/mol. The molecular formula is C14H22N4O. The van der Waals surface area contributed by atoms with Crippen LogP contribution in [0.2, 0.25) is 0 Å². The van der Waals surface area contributed by atoms with Crippen LogP contribution in [0, 0.1) is 0 Å². The largest absolute Gasteiger partial charge is 0.357 e. The summed E-state index contributed by atoms with van der Waals surface area (Å²) in [6, 6.07) is 3.90. The van der Waals surface area contributed by atoms with Gasteiger partial charge in [-0.1, -0.05) is 6.92 Å². The zero-order valence-electron chi connectivity index (χ0n) is 11.5. The van der Waals surface area contributed by atoms with Gasteiger partial charge in [0.1, 0.15) is 5.82 Å². The van der Waals surface area contributed by atoms with E-state index in [-0.39, 0.29) is 6.03 Å². The van der Waals surface area contributed by atoms with Crippen molar-refractivity contribution in [2.75, 3.05) is 24.5 Å². The van der Waals surface area contributed by atoms with Gasteiger partial charge in [-0.25, -0.2) is 9.78 Å². The van der Waals surface area contributed by atoms with Crippen molar-refractivity contribution in [3.05, 3.63) is 23.9 Å². The maximum atomic E-state index is 11.5. The molecule has 1 aliphatic rings. The fraction of sp³-hybridized carbons (Fsp3) is 0.571. The van der Waals surface area contributed by atoms with Crippen LogP contribution in [0.1, 0.15) is 31.7 Å². The number of hydrogen-bond donors (Lipinski definition) is 2. The average Bonchev–Trinajstić information content (AvgIpc) is 2.97. The van der Waals surface area contributed by atoms with E-state index in [1.165, 1.54) is 12.8 Å². The number of aromatic nitrogens is 1. The summed E-state index contributed by atoms with van der Waals surface area (Å²) in [7, 11) is 0. The van der Waals surface area contributed by atoms with Crippen molar-refractivity contribution < 1.29 is 4.79 Å². The summed E-state index contributed by atoms with van der Waals surface area (Å²) in [5, 5.41) is 5.65. The molecule has 0 aliphatic carbocycles. The van der Waals surface area contributed by atoms with E-state index < -0.39 is 0 Å². The first-order valence-electron chi connectivity index (χ1n) is 7.01. The monoisotopic (exact) mass is 262 g/mol. The zero-order valence-corrected chi connectivity index (χ0v) is 11.5. The first-order chi connectivity index (χ1) is 9.29. The average molecular weight is 262 g/mol. The van der Waals surface area contributed by atoms with Gasteiger partial charge in [0.2, 0.25) is 0 Å². The summed E-state index contributed by atoms with van der Waals surface area (Å²) >= 11 is 0. The number of anilines is 1. The van der Waals surface area contributed by atoms with Gasteiger partial charge in [0, 0.05) is 32.4 Å². The van der Waals surface area contributed by atoms with Crippen molar-refractivity contribution in [1.29, 1.82) is 0 Å². The van der Waals surface area contributed by atoms with Gasteiger partial charge in [0.25, 0.3) is 0 Å². The van der Waals surface area contributed by atoms with Crippen molar-refractivity contribution in [2.24, 2.45) is 0 Å². The Morgan fingerprint density at radius 3 is 2.89 bits per heavy atom. The summed E-state index contributed by atoms with van der Waals surface area (Å²) in [6.07, 6.45) is 5.24. The van der Waals surface area contributed by atoms with E-state index in [1.807, 2.05) is 19.2 Å². The third kappa shape index (κ3) is 4.12. The molecule has 0 saturated carbocycles. The number of nitrogens with one attached hydrogen (secondary N) is 2. The molecule has 1 saturated heterocycles. The minimum atomic E-state index is -0.110. The molecule has 1 aromatic rings. The Hall–Kier alpha value is -1.78. The Balaban J connectivity index is 1.86. The molecular weight excluding hydrogens is 240 g/mol. The maximum Gasteiger partial charge on any atom is 0.315 e. The van der Waals surface area contributed by atoms with Crippen LogP contribution in [0.4, 0.5) is 10.6 Å². The molecule has 0 atom stereocenters. The van der Waals surface area contributed by atoms with E-state index in [9.17, 15) is 4.79 Å². The Morgan fingerprint density at radius 1 is 1.37 bits per heavy atom. The Morgan fingerprint density at radius 2 is 2.16 bits per heavy atom. The van der Waals surface area contributed by atoms with Gasteiger partial charge in [-0.15, -0.1) is 0 Å². The highest BCUT2D eigenvalue weighted by molar-refractivity contribution is 5.73. The third-order valence-electron chi connectivity index (χ3n) is 3.23. The van der Waals surface area contributed by atoms with E-state index >= 15 is 0 Å². The quantitative estimate of drug-likeness (QED) is 0.852. The second-order valence-corrected chi connectivity index (χ2v) is 4.83. The van der Waals surface area contributed by atoms with Crippen LogP contribution in [0.25, 0.3) is 0 Å².